The summed E-state index contributed by atoms with van der Waals surface area (Å²) < 4.78 is 9.69. The molecule has 2 rings (SSSR count). The number of ether oxygens (including phenoxy) is 2. The number of carbonyl (C=O) groups is 3. The van der Waals surface area contributed by atoms with Crippen LogP contribution in [-0.2, 0) is 25.5 Å². The minimum Gasteiger partial charge on any atom is -0.455 e. The summed E-state index contributed by atoms with van der Waals surface area (Å²) in [6, 6.07) is 12.7. The van der Waals surface area contributed by atoms with Gasteiger partial charge in [-0.1, -0.05) is 42.5 Å². The van der Waals surface area contributed by atoms with E-state index in [-0.39, 0.29) is 13.0 Å². The van der Waals surface area contributed by atoms with Crippen molar-refractivity contribution >= 4 is 28.7 Å². The van der Waals surface area contributed by atoms with Crippen molar-refractivity contribution in [1.82, 2.24) is 10.6 Å². The summed E-state index contributed by atoms with van der Waals surface area (Å²) >= 11 is 0. The molecule has 2 N–H and O–H groups in total. The first-order chi connectivity index (χ1) is 12.1. The normalized spacial score (nSPS) is 10.3. The van der Waals surface area contributed by atoms with Crippen LogP contribution in [0.5, 0.6) is 0 Å². The highest BCUT2D eigenvalue weighted by molar-refractivity contribution is 5.95. The molecule has 0 saturated carbocycles. The minimum absolute atomic E-state index is 0.0503. The van der Waals surface area contributed by atoms with Gasteiger partial charge in [0.2, 0.25) is 0 Å². The van der Waals surface area contributed by atoms with Gasteiger partial charge in [0.25, 0.3) is 5.91 Å². The first kappa shape index (κ1) is 18.4. The van der Waals surface area contributed by atoms with Crippen molar-refractivity contribution in [2.45, 2.75) is 6.42 Å². The number of esters is 1. The van der Waals surface area contributed by atoms with E-state index in [1.165, 1.54) is 7.11 Å². The predicted molar refractivity (Wildman–Crippen MR) is 92.0 cm³/mol. The molecule has 0 aliphatic carbocycles. The average molecular weight is 344 g/mol. The number of imide groups is 1. The molecule has 0 unspecified atom stereocenters. The highest BCUT2D eigenvalue weighted by Gasteiger charge is 2.12. The molecular formula is C18H20N2O5. The smallest absolute Gasteiger partial charge is 0.321 e. The maximum atomic E-state index is 11.9. The van der Waals surface area contributed by atoms with Crippen LogP contribution in [0.4, 0.5) is 4.79 Å². The fraction of sp³-hybridized carbons (Fsp3) is 0.278. The van der Waals surface area contributed by atoms with Crippen LogP contribution in [-0.4, -0.2) is 44.8 Å². The molecule has 0 saturated heterocycles. The summed E-state index contributed by atoms with van der Waals surface area (Å²) in [5, 5.41) is 6.48. The van der Waals surface area contributed by atoms with Gasteiger partial charge in [-0.3, -0.25) is 14.9 Å². The Hall–Kier alpha value is -2.93. The SMILES string of the molecule is COCCNC(=O)NC(=O)COC(=O)Cc1cccc2ccccc12. The number of hydrogen-bond acceptors (Lipinski definition) is 5. The van der Waals surface area contributed by atoms with Crippen LogP contribution in [0.25, 0.3) is 10.8 Å². The molecule has 7 nitrogen and oxygen atoms in total. The van der Waals surface area contributed by atoms with Gasteiger partial charge in [-0.15, -0.1) is 0 Å². The van der Waals surface area contributed by atoms with Gasteiger partial charge in [0, 0.05) is 13.7 Å². The average Bonchev–Trinajstić information content (AvgIpc) is 2.60. The topological polar surface area (TPSA) is 93.7 Å². The summed E-state index contributed by atoms with van der Waals surface area (Å²) in [6.07, 6.45) is 0.0503. The Morgan fingerprint density at radius 2 is 1.80 bits per heavy atom. The lowest BCUT2D eigenvalue weighted by Crippen LogP contribution is -2.42. The molecule has 0 fully saturated rings. The molecule has 25 heavy (non-hydrogen) atoms. The van der Waals surface area contributed by atoms with Gasteiger partial charge in [-0.2, -0.15) is 0 Å². The van der Waals surface area contributed by atoms with Crippen LogP contribution in [0.2, 0.25) is 0 Å². The summed E-state index contributed by atoms with van der Waals surface area (Å²) in [5.74, 6) is -1.23. The molecular weight excluding hydrogens is 324 g/mol. The lowest BCUT2D eigenvalue weighted by atomic mass is 10.0. The van der Waals surface area contributed by atoms with E-state index in [4.69, 9.17) is 9.47 Å². The van der Waals surface area contributed by atoms with E-state index < -0.39 is 24.5 Å². The summed E-state index contributed by atoms with van der Waals surface area (Å²) in [7, 11) is 1.50. The molecule has 0 aliphatic rings. The van der Waals surface area contributed by atoms with Crippen LogP contribution >= 0.6 is 0 Å². The lowest BCUT2D eigenvalue weighted by Gasteiger charge is -2.08. The Morgan fingerprint density at radius 1 is 1.04 bits per heavy atom. The molecule has 0 heterocycles. The molecule has 3 amide bonds. The predicted octanol–water partition coefficient (Wildman–Crippen LogP) is 1.40. The third-order valence-corrected chi connectivity index (χ3v) is 3.42. The summed E-state index contributed by atoms with van der Waals surface area (Å²) in [5.41, 5.74) is 0.820. The molecule has 132 valence electrons. The number of methoxy groups -OCH3 is 1. The third kappa shape index (κ3) is 5.89. The first-order valence-electron chi connectivity index (χ1n) is 7.79. The van der Waals surface area contributed by atoms with Crippen molar-refractivity contribution in [3.05, 3.63) is 48.0 Å². The largest absolute Gasteiger partial charge is 0.455 e. The van der Waals surface area contributed by atoms with E-state index in [9.17, 15) is 14.4 Å². The van der Waals surface area contributed by atoms with Crippen molar-refractivity contribution < 1.29 is 23.9 Å². The second kappa shape index (κ2) is 9.39. The Labute approximate surface area is 145 Å². The van der Waals surface area contributed by atoms with Crippen LogP contribution < -0.4 is 10.6 Å². The van der Waals surface area contributed by atoms with Gasteiger partial charge in [-0.25, -0.2) is 4.79 Å². The second-order valence-corrected chi connectivity index (χ2v) is 5.27. The molecule has 0 aromatic heterocycles. The van der Waals surface area contributed by atoms with E-state index in [0.717, 1.165) is 16.3 Å². The van der Waals surface area contributed by atoms with Gasteiger partial charge < -0.3 is 14.8 Å². The molecule has 0 radical (unpaired) electrons. The first-order valence-corrected chi connectivity index (χ1v) is 7.79. The van der Waals surface area contributed by atoms with Crippen molar-refractivity contribution in [1.29, 1.82) is 0 Å². The maximum Gasteiger partial charge on any atom is 0.321 e. The zero-order valence-electron chi connectivity index (χ0n) is 13.9. The number of carbonyl (C=O) groups excluding carboxylic acids is 3. The Morgan fingerprint density at radius 3 is 2.60 bits per heavy atom. The molecule has 0 atom stereocenters. The van der Waals surface area contributed by atoms with E-state index in [1.807, 2.05) is 42.5 Å². The fourth-order valence-corrected chi connectivity index (χ4v) is 2.27. The number of benzene rings is 2. The zero-order chi connectivity index (χ0) is 18.1. The highest BCUT2D eigenvalue weighted by atomic mass is 16.5. The molecule has 0 spiro atoms. The quantitative estimate of drug-likeness (QED) is 0.585. The van der Waals surface area contributed by atoms with Crippen LogP contribution in [0.3, 0.4) is 0 Å². The van der Waals surface area contributed by atoms with Crippen LogP contribution in [0, 0.1) is 0 Å². The van der Waals surface area contributed by atoms with Crippen LogP contribution in [0.1, 0.15) is 5.56 Å². The minimum atomic E-state index is -0.693. The van der Waals surface area contributed by atoms with Crippen molar-refractivity contribution in [2.24, 2.45) is 0 Å². The van der Waals surface area contributed by atoms with Crippen molar-refractivity contribution in [2.75, 3.05) is 26.9 Å². The highest BCUT2D eigenvalue weighted by Crippen LogP contribution is 2.19. The van der Waals surface area contributed by atoms with Gasteiger partial charge in [-0.05, 0) is 16.3 Å². The van der Waals surface area contributed by atoms with E-state index in [0.29, 0.717) is 6.61 Å². The number of nitrogens with one attached hydrogen (secondary N) is 2. The number of rotatable bonds is 7. The van der Waals surface area contributed by atoms with Crippen molar-refractivity contribution in [3.8, 4) is 0 Å². The van der Waals surface area contributed by atoms with E-state index in [1.54, 1.807) is 0 Å². The van der Waals surface area contributed by atoms with Crippen molar-refractivity contribution in [3.63, 3.8) is 0 Å². The molecule has 2 aromatic carbocycles. The van der Waals surface area contributed by atoms with Gasteiger partial charge >= 0.3 is 12.0 Å². The maximum absolute atomic E-state index is 11.9. The number of urea groups is 1. The number of amides is 3. The number of hydrogen-bond donors (Lipinski definition) is 2. The standard InChI is InChI=1S/C18H20N2O5/c1-24-10-9-19-18(23)20-16(21)12-25-17(22)11-14-7-4-6-13-5-2-3-8-15(13)14/h2-8H,9-12H2,1H3,(H2,19,20,21,23). The van der Waals surface area contributed by atoms with E-state index >= 15 is 0 Å². The Bertz CT molecular complexity index is 755. The lowest BCUT2D eigenvalue weighted by molar-refractivity contribution is -0.147. The monoisotopic (exact) mass is 344 g/mol. The third-order valence-electron chi connectivity index (χ3n) is 3.42. The molecule has 0 aliphatic heterocycles. The second-order valence-electron chi connectivity index (χ2n) is 5.27. The fourth-order valence-electron chi connectivity index (χ4n) is 2.27. The van der Waals surface area contributed by atoms with Gasteiger partial charge in [0.15, 0.2) is 6.61 Å². The molecule has 0 bridgehead atoms. The van der Waals surface area contributed by atoms with Gasteiger partial charge in [0.05, 0.1) is 13.0 Å². The summed E-state index contributed by atoms with van der Waals surface area (Å²) in [6.45, 7) is 0.0966. The summed E-state index contributed by atoms with van der Waals surface area (Å²) in [4.78, 5) is 34.9. The number of fused-ring (bicyclic) bond motifs is 1. The Kier molecular flexibility index (Phi) is 6.91. The van der Waals surface area contributed by atoms with Crippen LogP contribution in [0.15, 0.2) is 42.5 Å². The molecule has 7 heteroatoms. The van der Waals surface area contributed by atoms with Gasteiger partial charge in [0.1, 0.15) is 0 Å². The molecule has 2 aromatic rings. The zero-order valence-corrected chi connectivity index (χ0v) is 13.9. The Balaban J connectivity index is 1.80. The van der Waals surface area contributed by atoms with E-state index in [2.05, 4.69) is 10.6 Å².